The first-order valence-electron chi connectivity index (χ1n) is 12.9. The average Bonchev–Trinajstić information content (AvgIpc) is 3.45. The Morgan fingerprint density at radius 2 is 1.93 bits per heavy atom. The number of nitrogens with zero attached hydrogens (tertiary/aromatic N) is 4. The summed E-state index contributed by atoms with van der Waals surface area (Å²) >= 11 is 6.31. The Morgan fingerprint density at radius 3 is 2.49 bits per heavy atom. The number of aromatic nitrogens is 3. The van der Waals surface area contributed by atoms with Crippen LogP contribution in [0.3, 0.4) is 0 Å². The summed E-state index contributed by atoms with van der Waals surface area (Å²) in [6.07, 6.45) is -1.54. The maximum absolute atomic E-state index is 14.7. The molecule has 0 aliphatic heterocycles. The molecule has 3 heterocycles. The molecule has 3 aromatic rings. The van der Waals surface area contributed by atoms with Crippen molar-refractivity contribution >= 4 is 35.1 Å². The summed E-state index contributed by atoms with van der Waals surface area (Å²) in [5.41, 5.74) is -0.590. The largest absolute Gasteiger partial charge is 0.467 e. The number of furan rings is 1. The second kappa shape index (κ2) is 12.8. The van der Waals surface area contributed by atoms with Crippen LogP contribution in [0, 0.1) is 11.8 Å². The molecule has 0 radical (unpaired) electrons. The van der Waals surface area contributed by atoms with Crippen LogP contribution < -0.4 is 10.2 Å². The Morgan fingerprint density at radius 1 is 1.24 bits per heavy atom. The Hall–Kier alpha value is -3.82. The number of carbonyl (C=O) groups is 2. The number of aliphatic hydroxyl groups is 1. The van der Waals surface area contributed by atoms with E-state index in [2.05, 4.69) is 27.2 Å². The number of hydrogen-bond donors (Lipinski definition) is 2. The lowest BCUT2D eigenvalue weighted by atomic mass is 10.0. The third kappa shape index (κ3) is 8.83. The Bertz CT molecular complexity index is 1430. The zero-order valence-electron chi connectivity index (χ0n) is 24.1. The van der Waals surface area contributed by atoms with Gasteiger partial charge in [0.1, 0.15) is 41.0 Å². The molecule has 41 heavy (non-hydrogen) atoms. The fourth-order valence-electron chi connectivity index (χ4n) is 3.80. The van der Waals surface area contributed by atoms with Gasteiger partial charge in [0, 0.05) is 0 Å². The zero-order chi connectivity index (χ0) is 30.5. The summed E-state index contributed by atoms with van der Waals surface area (Å²) in [7, 11) is 0. The number of amides is 2. The molecule has 0 unspecified atom stereocenters. The molecule has 222 valence electrons. The lowest BCUT2D eigenvalue weighted by Gasteiger charge is -2.26. The van der Waals surface area contributed by atoms with E-state index in [1.165, 1.54) is 22.6 Å². The van der Waals surface area contributed by atoms with Crippen LogP contribution in [0.2, 0.25) is 5.28 Å². The number of alkyl carbamates (subject to hydrolysis) is 1. The molecule has 0 aromatic carbocycles. The molecule has 0 spiro atoms. The van der Waals surface area contributed by atoms with Crippen LogP contribution in [0.15, 0.2) is 28.9 Å². The van der Waals surface area contributed by atoms with Crippen molar-refractivity contribution in [2.75, 3.05) is 11.5 Å². The first kappa shape index (κ1) is 31.7. The van der Waals surface area contributed by atoms with E-state index in [0.717, 1.165) is 0 Å². The van der Waals surface area contributed by atoms with Gasteiger partial charge in [-0.1, -0.05) is 5.92 Å². The number of ether oxygens (including phenoxy) is 2. The summed E-state index contributed by atoms with van der Waals surface area (Å²) < 4.78 is 32.5. The SMILES string of the molecule is C[C@H](F)[C@@H](Cc1cc2c(N(Cc3ccco3)C(=O)OC(C)(C)C)nc(Cl)nn2c1C#CCO)NC(=O)OC(C)(C)C. The van der Waals surface area contributed by atoms with Gasteiger partial charge < -0.3 is 24.3 Å². The predicted octanol–water partition coefficient (Wildman–Crippen LogP) is 5.06. The number of hydrogen-bond acceptors (Lipinski definition) is 8. The van der Waals surface area contributed by atoms with Gasteiger partial charge in [-0.25, -0.2) is 18.5 Å². The van der Waals surface area contributed by atoms with E-state index < -0.39 is 42.2 Å². The van der Waals surface area contributed by atoms with Crippen LogP contribution in [0.4, 0.5) is 19.8 Å². The Kier molecular flexibility index (Phi) is 9.89. The molecule has 0 aliphatic rings. The van der Waals surface area contributed by atoms with Crippen LogP contribution in [0.5, 0.6) is 0 Å². The Labute approximate surface area is 242 Å². The van der Waals surface area contributed by atoms with Crippen molar-refractivity contribution in [3.8, 4) is 11.8 Å². The minimum Gasteiger partial charge on any atom is -0.467 e. The molecule has 2 amide bonds. The van der Waals surface area contributed by atoms with Crippen LogP contribution in [0.25, 0.3) is 5.52 Å². The van der Waals surface area contributed by atoms with Gasteiger partial charge in [-0.2, -0.15) is 4.98 Å². The standard InChI is InChI=1S/C28H35ClFN5O6/c1-17(30)20(31-25(37)40-27(2,3)4)14-18-15-22-23(32-24(29)33-35(22)21(18)11-8-12-36)34(16-19-10-9-13-39-19)26(38)41-28(5,6)7/h9-10,13,15,17,20,36H,12,14,16H2,1-7H3,(H,31,37)/t17-,20+/m0/s1. The van der Waals surface area contributed by atoms with Gasteiger partial charge in [0.2, 0.25) is 5.28 Å². The third-order valence-electron chi connectivity index (χ3n) is 5.41. The number of anilines is 1. The smallest absolute Gasteiger partial charge is 0.416 e. The molecule has 0 bridgehead atoms. The number of nitrogens with one attached hydrogen (secondary N) is 1. The minimum atomic E-state index is -1.48. The van der Waals surface area contributed by atoms with E-state index in [0.29, 0.717) is 16.8 Å². The lowest BCUT2D eigenvalue weighted by molar-refractivity contribution is 0.0476. The highest BCUT2D eigenvalue weighted by atomic mass is 35.5. The van der Waals surface area contributed by atoms with Crippen molar-refractivity contribution < 1.29 is 33.0 Å². The molecular weight excluding hydrogens is 557 g/mol. The first-order chi connectivity index (χ1) is 19.1. The maximum atomic E-state index is 14.7. The molecule has 13 heteroatoms. The number of fused-ring (bicyclic) bond motifs is 1. The fourth-order valence-corrected chi connectivity index (χ4v) is 3.96. The van der Waals surface area contributed by atoms with Crippen LogP contribution in [-0.2, 0) is 22.4 Å². The summed E-state index contributed by atoms with van der Waals surface area (Å²) in [6.45, 7) is 11.1. The maximum Gasteiger partial charge on any atom is 0.416 e. The molecule has 11 nitrogen and oxygen atoms in total. The molecule has 0 saturated heterocycles. The van der Waals surface area contributed by atoms with Gasteiger partial charge in [0.05, 0.1) is 18.8 Å². The van der Waals surface area contributed by atoms with Crippen molar-refractivity contribution in [3.63, 3.8) is 0 Å². The van der Waals surface area contributed by atoms with E-state index in [4.69, 9.17) is 25.5 Å². The number of aliphatic hydroxyl groups excluding tert-OH is 1. The van der Waals surface area contributed by atoms with Gasteiger partial charge in [0.25, 0.3) is 0 Å². The van der Waals surface area contributed by atoms with Crippen molar-refractivity contribution in [1.82, 2.24) is 19.9 Å². The lowest BCUT2D eigenvalue weighted by Crippen LogP contribution is -2.44. The second-order valence-corrected chi connectivity index (χ2v) is 11.6. The molecule has 0 fully saturated rings. The third-order valence-corrected chi connectivity index (χ3v) is 5.57. The van der Waals surface area contributed by atoms with E-state index >= 15 is 0 Å². The summed E-state index contributed by atoms with van der Waals surface area (Å²) in [4.78, 5) is 31.4. The average molecular weight is 592 g/mol. The monoisotopic (exact) mass is 591 g/mol. The van der Waals surface area contributed by atoms with Crippen LogP contribution >= 0.6 is 11.6 Å². The van der Waals surface area contributed by atoms with E-state index in [1.54, 1.807) is 59.7 Å². The van der Waals surface area contributed by atoms with Crippen molar-refractivity contribution in [2.24, 2.45) is 0 Å². The summed E-state index contributed by atoms with van der Waals surface area (Å²) in [6, 6.07) is 3.99. The van der Waals surface area contributed by atoms with E-state index in [1.807, 2.05) is 0 Å². The second-order valence-electron chi connectivity index (χ2n) is 11.3. The van der Waals surface area contributed by atoms with Gasteiger partial charge >= 0.3 is 12.2 Å². The molecule has 0 saturated carbocycles. The van der Waals surface area contributed by atoms with E-state index in [-0.39, 0.29) is 29.8 Å². The Balaban J connectivity index is 2.15. The van der Waals surface area contributed by atoms with Gasteiger partial charge in [-0.05, 0) is 96.2 Å². The number of carbonyl (C=O) groups excluding carboxylic acids is 2. The molecular formula is C28H35ClFN5O6. The molecule has 3 rings (SSSR count). The van der Waals surface area contributed by atoms with Crippen LogP contribution in [0.1, 0.15) is 65.5 Å². The van der Waals surface area contributed by atoms with Gasteiger partial charge in [-0.3, -0.25) is 4.90 Å². The number of rotatable bonds is 7. The zero-order valence-corrected chi connectivity index (χ0v) is 24.9. The predicted molar refractivity (Wildman–Crippen MR) is 151 cm³/mol. The van der Waals surface area contributed by atoms with Crippen LogP contribution in [-0.4, -0.2) is 61.9 Å². The summed E-state index contributed by atoms with van der Waals surface area (Å²) in [5, 5.41) is 16.0. The first-order valence-corrected chi connectivity index (χ1v) is 13.3. The normalized spacial score (nSPS) is 13.2. The van der Waals surface area contributed by atoms with Crippen molar-refractivity contribution in [3.05, 3.63) is 46.8 Å². The topological polar surface area (TPSA) is 131 Å². The molecule has 2 N–H and O–H groups in total. The molecule has 3 aromatic heterocycles. The highest BCUT2D eigenvalue weighted by Crippen LogP contribution is 2.29. The quantitative estimate of drug-likeness (QED) is 0.365. The number of halogens is 2. The van der Waals surface area contributed by atoms with Gasteiger partial charge in [-0.15, -0.1) is 5.10 Å². The minimum absolute atomic E-state index is 0.0304. The van der Waals surface area contributed by atoms with Gasteiger partial charge in [0.15, 0.2) is 5.82 Å². The fraction of sp³-hybridized carbons (Fsp3) is 0.500. The van der Waals surface area contributed by atoms with E-state index in [9.17, 15) is 19.1 Å². The highest BCUT2D eigenvalue weighted by Gasteiger charge is 2.30. The molecule has 2 atom stereocenters. The summed E-state index contributed by atoms with van der Waals surface area (Å²) in [5.74, 6) is 5.92. The molecule has 0 aliphatic carbocycles. The van der Waals surface area contributed by atoms with Crippen molar-refractivity contribution in [1.29, 1.82) is 0 Å². The van der Waals surface area contributed by atoms with Crippen molar-refractivity contribution in [2.45, 2.75) is 84.8 Å². The number of alkyl halides is 1. The highest BCUT2D eigenvalue weighted by molar-refractivity contribution is 6.28.